The van der Waals surface area contributed by atoms with Gasteiger partial charge in [0, 0.05) is 29.8 Å². The fraction of sp³-hybridized carbons (Fsp3) is 0.346. The highest BCUT2D eigenvalue weighted by Gasteiger charge is 2.28. The van der Waals surface area contributed by atoms with Gasteiger partial charge in [0.05, 0.1) is 19.4 Å². The number of hydrogen-bond donors (Lipinski definition) is 2. The molecule has 0 saturated carbocycles. The maximum absolute atomic E-state index is 13.3. The molecule has 0 aliphatic carbocycles. The van der Waals surface area contributed by atoms with E-state index in [0.717, 1.165) is 16.0 Å². The molecule has 9 heteroatoms. The van der Waals surface area contributed by atoms with E-state index < -0.39 is 10.7 Å². The lowest BCUT2D eigenvalue weighted by molar-refractivity contribution is -0.138. The number of carbonyl (C=O) groups excluding carboxylic acids is 1. The third-order valence-electron chi connectivity index (χ3n) is 5.65. The summed E-state index contributed by atoms with van der Waals surface area (Å²) in [4.78, 5) is 30.3. The monoisotopic (exact) mass is 497 g/mol. The van der Waals surface area contributed by atoms with Crippen molar-refractivity contribution in [1.29, 1.82) is 0 Å². The molecule has 0 radical (unpaired) electrons. The Hall–Kier alpha value is -3.30. The number of para-hydroxylation sites is 1. The lowest BCUT2D eigenvalue weighted by Crippen LogP contribution is -2.26. The number of amides is 1. The second kappa shape index (κ2) is 11.0. The Kier molecular flexibility index (Phi) is 8.24. The molecule has 1 amide bonds. The Morgan fingerprint density at radius 2 is 1.80 bits per heavy atom. The van der Waals surface area contributed by atoms with Crippen molar-refractivity contribution in [3.63, 3.8) is 0 Å². The summed E-state index contributed by atoms with van der Waals surface area (Å²) in [5.74, 6) is 0.00376. The highest BCUT2D eigenvalue weighted by atomic mass is 32.2. The maximum Gasteiger partial charge on any atom is 0.319 e. The Morgan fingerprint density at radius 1 is 1.11 bits per heavy atom. The number of nitrogens with one attached hydrogen (secondary N) is 1. The number of thioether (sulfide) groups is 1. The summed E-state index contributed by atoms with van der Waals surface area (Å²) >= 11 is 1.27. The quantitative estimate of drug-likeness (QED) is 0.379. The van der Waals surface area contributed by atoms with Gasteiger partial charge in [0.2, 0.25) is 0 Å². The predicted octanol–water partition coefficient (Wildman–Crippen LogP) is 5.03. The smallest absolute Gasteiger partial charge is 0.319 e. The average Bonchev–Trinajstić information content (AvgIpc) is 3.15. The van der Waals surface area contributed by atoms with Crippen LogP contribution in [0.2, 0.25) is 0 Å². The van der Waals surface area contributed by atoms with Crippen LogP contribution in [0, 0.1) is 13.8 Å². The zero-order valence-electron chi connectivity index (χ0n) is 20.8. The van der Waals surface area contributed by atoms with E-state index in [0.29, 0.717) is 41.8 Å². The van der Waals surface area contributed by atoms with E-state index in [-0.39, 0.29) is 5.91 Å². The SMILES string of the molecule is COCCn1c(-c2ccc(SC(C)(C)C(=O)O)cc2)nc(C(=O)Nc2c(C)cccc2OC)c1C. The van der Waals surface area contributed by atoms with Gasteiger partial charge in [0.25, 0.3) is 5.91 Å². The van der Waals surface area contributed by atoms with Crippen LogP contribution in [-0.4, -0.2) is 52.1 Å². The van der Waals surface area contributed by atoms with Crippen molar-refractivity contribution < 1.29 is 24.2 Å². The van der Waals surface area contributed by atoms with Crippen molar-refractivity contribution >= 4 is 29.3 Å². The second-order valence-electron chi connectivity index (χ2n) is 8.56. The van der Waals surface area contributed by atoms with Crippen molar-refractivity contribution in [3.8, 4) is 17.1 Å². The number of aromatic nitrogens is 2. The number of carboxylic acids is 1. The summed E-state index contributed by atoms with van der Waals surface area (Å²) in [6.07, 6.45) is 0. The first-order valence-electron chi connectivity index (χ1n) is 11.1. The van der Waals surface area contributed by atoms with Crippen LogP contribution in [0.1, 0.15) is 35.6 Å². The normalized spacial score (nSPS) is 11.4. The number of nitrogens with zero attached hydrogens (tertiary/aromatic N) is 2. The largest absolute Gasteiger partial charge is 0.495 e. The summed E-state index contributed by atoms with van der Waals surface area (Å²) in [5.41, 5.74) is 3.33. The lowest BCUT2D eigenvalue weighted by atomic mass is 10.1. The van der Waals surface area contributed by atoms with Crippen LogP contribution in [0.25, 0.3) is 11.4 Å². The van der Waals surface area contributed by atoms with Crippen molar-refractivity contribution in [2.45, 2.75) is 43.9 Å². The molecule has 0 atom stereocenters. The number of imidazole rings is 1. The third kappa shape index (κ3) is 5.86. The molecule has 3 rings (SSSR count). The van der Waals surface area contributed by atoms with Crippen LogP contribution in [0.3, 0.4) is 0 Å². The molecule has 186 valence electrons. The molecule has 0 bridgehead atoms. The van der Waals surface area contributed by atoms with Crippen molar-refractivity contribution in [3.05, 3.63) is 59.4 Å². The van der Waals surface area contributed by atoms with Gasteiger partial charge < -0.3 is 24.5 Å². The number of anilines is 1. The van der Waals surface area contributed by atoms with E-state index in [1.165, 1.54) is 11.8 Å². The molecule has 0 unspecified atom stereocenters. The fourth-order valence-electron chi connectivity index (χ4n) is 3.58. The van der Waals surface area contributed by atoms with Gasteiger partial charge in [-0.25, -0.2) is 4.98 Å². The van der Waals surface area contributed by atoms with Crippen LogP contribution >= 0.6 is 11.8 Å². The summed E-state index contributed by atoms with van der Waals surface area (Å²) in [6.45, 7) is 8.08. The molecule has 0 aliphatic rings. The van der Waals surface area contributed by atoms with Gasteiger partial charge in [-0.1, -0.05) is 24.3 Å². The molecular weight excluding hydrogens is 466 g/mol. The number of ether oxygens (including phenoxy) is 2. The Bertz CT molecular complexity index is 1220. The van der Waals surface area contributed by atoms with Crippen LogP contribution in [-0.2, 0) is 16.1 Å². The van der Waals surface area contributed by atoms with Crippen molar-refractivity contribution in [2.24, 2.45) is 0 Å². The summed E-state index contributed by atoms with van der Waals surface area (Å²) < 4.78 is 11.7. The Balaban J connectivity index is 1.96. The van der Waals surface area contributed by atoms with Crippen LogP contribution in [0.4, 0.5) is 5.69 Å². The number of benzene rings is 2. The molecule has 0 saturated heterocycles. The minimum atomic E-state index is -0.947. The van der Waals surface area contributed by atoms with Gasteiger partial charge in [-0.2, -0.15) is 0 Å². The van der Waals surface area contributed by atoms with E-state index in [1.54, 1.807) is 34.1 Å². The van der Waals surface area contributed by atoms with Gasteiger partial charge in [-0.05, 0) is 51.5 Å². The number of carbonyl (C=O) groups is 2. The molecule has 2 N–H and O–H groups in total. The number of hydrogen-bond acceptors (Lipinski definition) is 6. The zero-order valence-corrected chi connectivity index (χ0v) is 21.7. The van der Waals surface area contributed by atoms with Gasteiger partial charge in [0.1, 0.15) is 22.0 Å². The van der Waals surface area contributed by atoms with Crippen LogP contribution in [0.5, 0.6) is 5.75 Å². The number of aliphatic carboxylic acids is 1. The van der Waals surface area contributed by atoms with Gasteiger partial charge in [-0.3, -0.25) is 9.59 Å². The predicted molar refractivity (Wildman–Crippen MR) is 138 cm³/mol. The molecular formula is C26H31N3O5S. The number of methoxy groups -OCH3 is 2. The average molecular weight is 498 g/mol. The minimum absolute atomic E-state index is 0.312. The van der Waals surface area contributed by atoms with Crippen LogP contribution in [0.15, 0.2) is 47.4 Å². The van der Waals surface area contributed by atoms with Gasteiger partial charge in [-0.15, -0.1) is 11.8 Å². The molecule has 2 aromatic carbocycles. The molecule has 1 aromatic heterocycles. The lowest BCUT2D eigenvalue weighted by Gasteiger charge is -2.18. The zero-order chi connectivity index (χ0) is 25.8. The van der Waals surface area contributed by atoms with Gasteiger partial charge >= 0.3 is 5.97 Å². The number of rotatable bonds is 10. The van der Waals surface area contributed by atoms with Gasteiger partial charge in [0.15, 0.2) is 0 Å². The first-order valence-corrected chi connectivity index (χ1v) is 11.9. The topological polar surface area (TPSA) is 103 Å². The van der Waals surface area contributed by atoms with E-state index in [9.17, 15) is 14.7 Å². The Labute approximate surface area is 209 Å². The maximum atomic E-state index is 13.3. The van der Waals surface area contributed by atoms with Crippen LogP contribution < -0.4 is 10.1 Å². The molecule has 0 fully saturated rings. The van der Waals surface area contributed by atoms with Crippen molar-refractivity contribution in [2.75, 3.05) is 26.1 Å². The van der Waals surface area contributed by atoms with E-state index in [4.69, 9.17) is 14.5 Å². The highest BCUT2D eigenvalue weighted by molar-refractivity contribution is 8.01. The molecule has 8 nitrogen and oxygen atoms in total. The second-order valence-corrected chi connectivity index (χ2v) is 10.3. The first kappa shape index (κ1) is 26.3. The van der Waals surface area contributed by atoms with E-state index in [1.807, 2.05) is 54.8 Å². The minimum Gasteiger partial charge on any atom is -0.495 e. The fourth-order valence-corrected chi connectivity index (χ4v) is 4.53. The van der Waals surface area contributed by atoms with Crippen molar-refractivity contribution in [1.82, 2.24) is 9.55 Å². The molecule has 0 spiro atoms. The molecule has 35 heavy (non-hydrogen) atoms. The standard InChI is InChI=1S/C26H31N3O5S/c1-16-8-7-9-20(34-6)21(16)28-24(30)22-17(2)29(14-15-33-5)23(27-22)18-10-12-19(13-11-18)35-26(3,4)25(31)32/h7-13H,14-15H2,1-6H3,(H,28,30)(H,31,32). The molecule has 3 aromatic rings. The first-order chi connectivity index (χ1) is 16.6. The molecule has 0 aliphatic heterocycles. The number of carboxylic acid groups (broad SMARTS) is 1. The Morgan fingerprint density at radius 3 is 2.40 bits per heavy atom. The molecule has 1 heterocycles. The van der Waals surface area contributed by atoms with E-state index in [2.05, 4.69) is 5.32 Å². The highest BCUT2D eigenvalue weighted by Crippen LogP contribution is 2.34. The summed E-state index contributed by atoms with van der Waals surface area (Å²) in [6, 6.07) is 13.1. The number of aryl methyl sites for hydroxylation is 1. The summed E-state index contributed by atoms with van der Waals surface area (Å²) in [7, 11) is 3.19. The summed E-state index contributed by atoms with van der Waals surface area (Å²) in [5, 5.41) is 12.4. The third-order valence-corrected chi connectivity index (χ3v) is 6.84. The van der Waals surface area contributed by atoms with E-state index >= 15 is 0 Å².